The summed E-state index contributed by atoms with van der Waals surface area (Å²) in [5.41, 5.74) is 9.99. The molecule has 0 amide bonds. The van der Waals surface area contributed by atoms with E-state index in [4.69, 9.17) is 5.73 Å². The highest BCUT2D eigenvalue weighted by molar-refractivity contribution is 9.10. The molecule has 0 radical (unpaired) electrons. The summed E-state index contributed by atoms with van der Waals surface area (Å²) in [6, 6.07) is 8.40. The summed E-state index contributed by atoms with van der Waals surface area (Å²) < 4.78 is 14.1. The molecule has 0 spiro atoms. The van der Waals surface area contributed by atoms with Gasteiger partial charge in [0.2, 0.25) is 0 Å². The van der Waals surface area contributed by atoms with Crippen LogP contribution < -0.4 is 5.73 Å². The van der Waals surface area contributed by atoms with Crippen LogP contribution in [0.1, 0.15) is 28.6 Å². The molecule has 100 valence electrons. The van der Waals surface area contributed by atoms with Crippen molar-refractivity contribution >= 4 is 15.9 Å². The van der Waals surface area contributed by atoms with Crippen molar-refractivity contribution in [1.29, 1.82) is 0 Å². The zero-order valence-electron chi connectivity index (χ0n) is 11.0. The first-order chi connectivity index (χ1) is 8.97. The molecule has 1 unspecified atom stereocenters. The largest absolute Gasteiger partial charge is 0.324 e. The van der Waals surface area contributed by atoms with Gasteiger partial charge in [-0.05, 0) is 55.7 Å². The van der Waals surface area contributed by atoms with Gasteiger partial charge in [0.05, 0.1) is 0 Å². The van der Waals surface area contributed by atoms with Crippen molar-refractivity contribution in [2.45, 2.75) is 26.3 Å². The van der Waals surface area contributed by atoms with Gasteiger partial charge >= 0.3 is 0 Å². The number of nitrogens with two attached hydrogens (primary N) is 1. The first kappa shape index (κ1) is 14.2. The van der Waals surface area contributed by atoms with E-state index in [-0.39, 0.29) is 11.9 Å². The Balaban J connectivity index is 2.25. The van der Waals surface area contributed by atoms with Gasteiger partial charge in [0.1, 0.15) is 5.82 Å². The maximum atomic E-state index is 13.3. The molecule has 4 heteroatoms. The van der Waals surface area contributed by atoms with Crippen molar-refractivity contribution in [3.8, 4) is 0 Å². The fraction of sp³-hybridized carbons (Fsp3) is 0.267. The summed E-state index contributed by atoms with van der Waals surface area (Å²) in [6.07, 6.45) is 0.573. The molecule has 1 heterocycles. The summed E-state index contributed by atoms with van der Waals surface area (Å²) in [4.78, 5) is 4.41. The minimum Gasteiger partial charge on any atom is -0.324 e. The van der Waals surface area contributed by atoms with Crippen LogP contribution in [-0.4, -0.2) is 4.98 Å². The lowest BCUT2D eigenvalue weighted by molar-refractivity contribution is 0.621. The zero-order valence-corrected chi connectivity index (χ0v) is 12.5. The number of aromatic nitrogens is 1. The van der Waals surface area contributed by atoms with E-state index in [1.165, 1.54) is 12.1 Å². The number of hydrogen-bond acceptors (Lipinski definition) is 2. The second-order valence-electron chi connectivity index (χ2n) is 4.67. The van der Waals surface area contributed by atoms with Crippen LogP contribution in [0.5, 0.6) is 0 Å². The van der Waals surface area contributed by atoms with Gasteiger partial charge in [-0.1, -0.05) is 22.0 Å². The molecule has 2 N–H and O–H groups in total. The highest BCUT2D eigenvalue weighted by Gasteiger charge is 2.13. The Morgan fingerprint density at radius 2 is 2.00 bits per heavy atom. The molecule has 0 saturated carbocycles. The summed E-state index contributed by atoms with van der Waals surface area (Å²) >= 11 is 3.42. The number of benzene rings is 1. The van der Waals surface area contributed by atoms with Crippen LogP contribution in [-0.2, 0) is 6.42 Å². The van der Waals surface area contributed by atoms with Crippen molar-refractivity contribution in [3.05, 3.63) is 63.1 Å². The Kier molecular flexibility index (Phi) is 4.32. The third kappa shape index (κ3) is 3.39. The molecule has 1 aromatic heterocycles. The quantitative estimate of drug-likeness (QED) is 0.932. The predicted octanol–water partition coefficient (Wildman–Crippen LogP) is 3.84. The average Bonchev–Trinajstić information content (AvgIpc) is 2.33. The Hall–Kier alpha value is -1.26. The molecule has 0 aliphatic heterocycles. The summed E-state index contributed by atoms with van der Waals surface area (Å²) in [5, 5.41) is 0. The van der Waals surface area contributed by atoms with E-state index in [0.717, 1.165) is 27.0 Å². The Morgan fingerprint density at radius 1 is 1.26 bits per heavy atom. The van der Waals surface area contributed by atoms with Gasteiger partial charge in [0.15, 0.2) is 0 Å². The molecule has 0 saturated heterocycles. The molecule has 1 aromatic carbocycles. The average molecular weight is 323 g/mol. The number of aryl methyl sites for hydroxylation is 2. The first-order valence-electron chi connectivity index (χ1n) is 6.11. The van der Waals surface area contributed by atoms with Gasteiger partial charge < -0.3 is 5.73 Å². The van der Waals surface area contributed by atoms with Crippen LogP contribution in [0, 0.1) is 19.7 Å². The van der Waals surface area contributed by atoms with Crippen molar-refractivity contribution < 1.29 is 4.39 Å². The molecule has 2 nitrogen and oxygen atoms in total. The second kappa shape index (κ2) is 5.80. The molecular weight excluding hydrogens is 307 g/mol. The fourth-order valence-electron chi connectivity index (χ4n) is 2.14. The van der Waals surface area contributed by atoms with Crippen molar-refractivity contribution in [2.75, 3.05) is 0 Å². The Morgan fingerprint density at radius 3 is 2.68 bits per heavy atom. The van der Waals surface area contributed by atoms with Crippen molar-refractivity contribution in [1.82, 2.24) is 4.98 Å². The van der Waals surface area contributed by atoms with Crippen molar-refractivity contribution in [3.63, 3.8) is 0 Å². The highest BCUT2D eigenvalue weighted by atomic mass is 79.9. The molecule has 0 aliphatic rings. The molecule has 2 rings (SSSR count). The monoisotopic (exact) mass is 322 g/mol. The van der Waals surface area contributed by atoms with Crippen LogP contribution in [0.2, 0.25) is 0 Å². The maximum absolute atomic E-state index is 13.3. The smallest absolute Gasteiger partial charge is 0.123 e. The van der Waals surface area contributed by atoms with E-state index in [1.54, 1.807) is 6.07 Å². The van der Waals surface area contributed by atoms with Crippen LogP contribution >= 0.6 is 15.9 Å². The van der Waals surface area contributed by atoms with Gasteiger partial charge in [-0.25, -0.2) is 4.39 Å². The number of nitrogens with zero attached hydrogens (tertiary/aromatic N) is 1. The van der Waals surface area contributed by atoms with Gasteiger partial charge in [0, 0.05) is 21.9 Å². The van der Waals surface area contributed by atoms with E-state index >= 15 is 0 Å². The van der Waals surface area contributed by atoms with Crippen LogP contribution in [0.15, 0.2) is 34.8 Å². The SMILES string of the molecule is Cc1ccc(C(N)Cc2cc(F)ccc2Br)c(C)n1. The summed E-state index contributed by atoms with van der Waals surface area (Å²) in [5.74, 6) is -0.246. The minimum absolute atomic E-state index is 0.189. The molecule has 0 aliphatic carbocycles. The van der Waals surface area contributed by atoms with E-state index in [1.807, 2.05) is 26.0 Å². The van der Waals surface area contributed by atoms with Crippen LogP contribution in [0.3, 0.4) is 0 Å². The van der Waals surface area contributed by atoms with E-state index in [2.05, 4.69) is 20.9 Å². The molecule has 2 aromatic rings. The van der Waals surface area contributed by atoms with E-state index in [9.17, 15) is 4.39 Å². The highest BCUT2D eigenvalue weighted by Crippen LogP contribution is 2.24. The molecular formula is C15H16BrFN2. The molecule has 1 atom stereocenters. The Bertz CT molecular complexity index is 599. The van der Waals surface area contributed by atoms with E-state index < -0.39 is 0 Å². The predicted molar refractivity (Wildman–Crippen MR) is 78.4 cm³/mol. The Labute approximate surface area is 121 Å². The second-order valence-corrected chi connectivity index (χ2v) is 5.53. The standard InChI is InChI=1S/C15H16BrFN2/c1-9-3-5-13(10(2)19-9)15(18)8-11-7-12(17)4-6-14(11)16/h3-7,15H,8,18H2,1-2H3. The number of rotatable bonds is 3. The fourth-order valence-corrected chi connectivity index (χ4v) is 2.54. The summed E-state index contributed by atoms with van der Waals surface area (Å²) in [7, 11) is 0. The third-order valence-corrected chi connectivity index (χ3v) is 3.89. The van der Waals surface area contributed by atoms with Gasteiger partial charge in [-0.2, -0.15) is 0 Å². The summed E-state index contributed by atoms with van der Waals surface area (Å²) in [6.45, 7) is 3.90. The first-order valence-corrected chi connectivity index (χ1v) is 6.90. The van der Waals surface area contributed by atoms with Gasteiger partial charge in [0.25, 0.3) is 0 Å². The zero-order chi connectivity index (χ0) is 14.0. The third-order valence-electron chi connectivity index (χ3n) is 3.11. The van der Waals surface area contributed by atoms with Gasteiger partial charge in [-0.15, -0.1) is 0 Å². The number of halogens is 2. The van der Waals surface area contributed by atoms with Crippen LogP contribution in [0.4, 0.5) is 4.39 Å². The van der Waals surface area contributed by atoms with Gasteiger partial charge in [-0.3, -0.25) is 4.98 Å². The van der Waals surface area contributed by atoms with E-state index in [0.29, 0.717) is 6.42 Å². The van der Waals surface area contributed by atoms with Crippen molar-refractivity contribution in [2.24, 2.45) is 5.73 Å². The van der Waals surface area contributed by atoms with Crippen LogP contribution in [0.25, 0.3) is 0 Å². The lowest BCUT2D eigenvalue weighted by Gasteiger charge is -2.15. The molecule has 0 fully saturated rings. The number of hydrogen-bond donors (Lipinski definition) is 1. The lowest BCUT2D eigenvalue weighted by atomic mass is 9.98. The lowest BCUT2D eigenvalue weighted by Crippen LogP contribution is -2.16. The topological polar surface area (TPSA) is 38.9 Å². The minimum atomic E-state index is -0.246. The molecule has 0 bridgehead atoms. The molecule has 19 heavy (non-hydrogen) atoms. The number of pyridine rings is 1. The maximum Gasteiger partial charge on any atom is 0.123 e. The normalized spacial score (nSPS) is 12.5.